The molecule has 1 aromatic rings. The SMILES string of the molecule is Cc1ccccc1N(CC(=O)O[C@@H](C)C#N)S(C)(=O)=O. The summed E-state index contributed by atoms with van der Waals surface area (Å²) in [6, 6.07) is 8.56. The first-order valence-corrected chi connectivity index (χ1v) is 7.73. The molecule has 0 radical (unpaired) electrons. The van der Waals surface area contributed by atoms with Crippen LogP contribution in [-0.4, -0.2) is 33.3 Å². The molecule has 0 aliphatic rings. The van der Waals surface area contributed by atoms with E-state index >= 15 is 0 Å². The molecule has 0 fully saturated rings. The fourth-order valence-corrected chi connectivity index (χ4v) is 2.50. The molecule has 1 rings (SSSR count). The Morgan fingerprint density at radius 1 is 1.45 bits per heavy atom. The van der Waals surface area contributed by atoms with Crippen LogP contribution in [0.1, 0.15) is 12.5 Å². The second-order valence-electron chi connectivity index (χ2n) is 4.32. The van der Waals surface area contributed by atoms with Crippen molar-refractivity contribution in [1.29, 1.82) is 5.26 Å². The zero-order chi connectivity index (χ0) is 15.3. The molecule has 0 unspecified atom stereocenters. The van der Waals surface area contributed by atoms with Gasteiger partial charge in [-0.15, -0.1) is 0 Å². The Morgan fingerprint density at radius 3 is 2.55 bits per heavy atom. The van der Waals surface area contributed by atoms with Gasteiger partial charge in [0, 0.05) is 0 Å². The average Bonchev–Trinajstić information content (AvgIpc) is 2.35. The van der Waals surface area contributed by atoms with Crippen molar-refractivity contribution in [1.82, 2.24) is 0 Å². The summed E-state index contributed by atoms with van der Waals surface area (Å²) < 4.78 is 29.4. The van der Waals surface area contributed by atoms with E-state index in [0.717, 1.165) is 16.1 Å². The van der Waals surface area contributed by atoms with Crippen LogP contribution in [-0.2, 0) is 19.6 Å². The monoisotopic (exact) mass is 296 g/mol. The molecule has 20 heavy (non-hydrogen) atoms. The number of esters is 1. The largest absolute Gasteiger partial charge is 0.446 e. The third kappa shape index (κ3) is 4.24. The Morgan fingerprint density at radius 2 is 2.05 bits per heavy atom. The molecule has 0 N–H and O–H groups in total. The Hall–Kier alpha value is -2.07. The number of nitrogens with zero attached hydrogens (tertiary/aromatic N) is 2. The van der Waals surface area contributed by atoms with Crippen LogP contribution in [0.2, 0.25) is 0 Å². The molecule has 0 heterocycles. The molecule has 0 bridgehead atoms. The van der Waals surface area contributed by atoms with Crippen molar-refractivity contribution >= 4 is 21.7 Å². The van der Waals surface area contributed by atoms with Crippen molar-refractivity contribution in [2.24, 2.45) is 0 Å². The van der Waals surface area contributed by atoms with Crippen molar-refractivity contribution in [2.45, 2.75) is 20.0 Å². The van der Waals surface area contributed by atoms with Gasteiger partial charge in [0.25, 0.3) is 0 Å². The van der Waals surface area contributed by atoms with Crippen LogP contribution < -0.4 is 4.31 Å². The first-order valence-electron chi connectivity index (χ1n) is 5.88. The number of aryl methyl sites for hydroxylation is 1. The van der Waals surface area contributed by atoms with E-state index in [1.807, 2.05) is 0 Å². The van der Waals surface area contributed by atoms with Crippen molar-refractivity contribution in [3.8, 4) is 6.07 Å². The minimum Gasteiger partial charge on any atom is -0.446 e. The van der Waals surface area contributed by atoms with Crippen molar-refractivity contribution in [3.63, 3.8) is 0 Å². The second kappa shape index (κ2) is 6.39. The van der Waals surface area contributed by atoms with Crippen LogP contribution in [0, 0.1) is 18.3 Å². The van der Waals surface area contributed by atoms with Crippen molar-refractivity contribution < 1.29 is 17.9 Å². The van der Waals surface area contributed by atoms with Gasteiger partial charge in [0.2, 0.25) is 10.0 Å². The molecule has 0 aliphatic heterocycles. The predicted octanol–water partition coefficient (Wildman–Crippen LogP) is 1.22. The summed E-state index contributed by atoms with van der Waals surface area (Å²) in [5.74, 6) is -0.771. The summed E-state index contributed by atoms with van der Waals surface area (Å²) >= 11 is 0. The highest BCUT2D eigenvalue weighted by Gasteiger charge is 2.23. The van der Waals surface area contributed by atoms with Crippen LogP contribution in [0.25, 0.3) is 0 Å². The number of benzene rings is 1. The van der Waals surface area contributed by atoms with Crippen molar-refractivity contribution in [3.05, 3.63) is 29.8 Å². The van der Waals surface area contributed by atoms with Gasteiger partial charge in [-0.2, -0.15) is 5.26 Å². The normalized spacial score (nSPS) is 12.3. The van der Waals surface area contributed by atoms with E-state index in [0.29, 0.717) is 5.69 Å². The van der Waals surface area contributed by atoms with E-state index in [2.05, 4.69) is 0 Å². The Balaban J connectivity index is 3.03. The Kier molecular flexibility index (Phi) is 5.11. The highest BCUT2D eigenvalue weighted by Crippen LogP contribution is 2.21. The lowest BCUT2D eigenvalue weighted by Gasteiger charge is -2.23. The summed E-state index contributed by atoms with van der Waals surface area (Å²) in [6.45, 7) is 2.70. The van der Waals surface area contributed by atoms with Gasteiger partial charge in [0.05, 0.1) is 11.9 Å². The Labute approximate surface area is 118 Å². The maximum absolute atomic E-state index is 11.8. The molecular formula is C13H16N2O4S. The van der Waals surface area contributed by atoms with Gasteiger partial charge in [-0.3, -0.25) is 9.10 Å². The number of carbonyl (C=O) groups is 1. The number of para-hydroxylation sites is 1. The summed E-state index contributed by atoms with van der Waals surface area (Å²) in [4.78, 5) is 11.7. The zero-order valence-electron chi connectivity index (χ0n) is 11.5. The lowest BCUT2D eigenvalue weighted by atomic mass is 10.2. The molecule has 0 saturated carbocycles. The molecule has 0 amide bonds. The summed E-state index contributed by atoms with van der Waals surface area (Å²) in [6.07, 6.45) is 0.0984. The van der Waals surface area contributed by atoms with E-state index in [1.54, 1.807) is 37.3 Å². The van der Waals surface area contributed by atoms with E-state index in [4.69, 9.17) is 10.00 Å². The smallest absolute Gasteiger partial charge is 0.328 e. The van der Waals surface area contributed by atoms with Crippen molar-refractivity contribution in [2.75, 3.05) is 17.1 Å². The molecule has 0 aliphatic carbocycles. The van der Waals surface area contributed by atoms with Gasteiger partial charge in [-0.1, -0.05) is 18.2 Å². The fraction of sp³-hybridized carbons (Fsp3) is 0.385. The zero-order valence-corrected chi connectivity index (χ0v) is 12.3. The lowest BCUT2D eigenvalue weighted by Crippen LogP contribution is -2.37. The van der Waals surface area contributed by atoms with Gasteiger partial charge < -0.3 is 4.74 Å². The fourth-order valence-electron chi connectivity index (χ4n) is 1.60. The number of rotatable bonds is 5. The molecule has 0 aromatic heterocycles. The standard InChI is InChI=1S/C13H16N2O4S/c1-10-6-4-5-7-12(10)15(20(3,17)18)9-13(16)19-11(2)8-14/h4-7,11H,9H2,1-3H3/t11-/m0/s1. The number of hydrogen-bond donors (Lipinski definition) is 0. The maximum atomic E-state index is 11.8. The average molecular weight is 296 g/mol. The highest BCUT2D eigenvalue weighted by molar-refractivity contribution is 7.92. The first-order chi connectivity index (χ1) is 9.25. The number of hydrogen-bond acceptors (Lipinski definition) is 5. The molecule has 7 heteroatoms. The molecule has 6 nitrogen and oxygen atoms in total. The van der Waals surface area contributed by atoms with Crippen LogP contribution in [0.3, 0.4) is 0 Å². The molecule has 0 spiro atoms. The third-order valence-corrected chi connectivity index (χ3v) is 3.67. The van der Waals surface area contributed by atoms with Gasteiger partial charge in [0.15, 0.2) is 6.10 Å². The van der Waals surface area contributed by atoms with E-state index in [9.17, 15) is 13.2 Å². The Bertz CT molecular complexity index is 634. The van der Waals surface area contributed by atoms with Gasteiger partial charge in [-0.25, -0.2) is 8.42 Å². The number of anilines is 1. The first kappa shape index (κ1) is 16.0. The van der Waals surface area contributed by atoms with Gasteiger partial charge >= 0.3 is 5.97 Å². The topological polar surface area (TPSA) is 87.5 Å². The minimum absolute atomic E-state index is 0.413. The second-order valence-corrected chi connectivity index (χ2v) is 6.22. The third-order valence-electron chi connectivity index (χ3n) is 2.55. The summed E-state index contributed by atoms with van der Waals surface area (Å²) in [5, 5.41) is 8.58. The van der Waals surface area contributed by atoms with Crippen LogP contribution in [0.4, 0.5) is 5.69 Å². The number of nitriles is 1. The molecule has 1 aromatic carbocycles. The highest BCUT2D eigenvalue weighted by atomic mass is 32.2. The van der Waals surface area contributed by atoms with E-state index < -0.39 is 28.6 Å². The van der Waals surface area contributed by atoms with Crippen LogP contribution in [0.5, 0.6) is 0 Å². The molecular weight excluding hydrogens is 280 g/mol. The van der Waals surface area contributed by atoms with E-state index in [1.165, 1.54) is 6.92 Å². The molecule has 108 valence electrons. The number of ether oxygens (including phenoxy) is 1. The molecule has 0 saturated heterocycles. The quantitative estimate of drug-likeness (QED) is 0.762. The van der Waals surface area contributed by atoms with E-state index in [-0.39, 0.29) is 0 Å². The minimum atomic E-state index is -3.63. The molecule has 1 atom stereocenters. The predicted molar refractivity (Wildman–Crippen MR) is 74.5 cm³/mol. The summed E-state index contributed by atoms with van der Waals surface area (Å²) in [7, 11) is -3.63. The number of sulfonamides is 1. The van der Waals surface area contributed by atoms with Crippen LogP contribution >= 0.6 is 0 Å². The van der Waals surface area contributed by atoms with Gasteiger partial charge in [-0.05, 0) is 25.5 Å². The van der Waals surface area contributed by atoms with Gasteiger partial charge in [0.1, 0.15) is 12.6 Å². The lowest BCUT2D eigenvalue weighted by molar-refractivity contribution is -0.143. The summed E-state index contributed by atoms with van der Waals surface area (Å²) in [5.41, 5.74) is 1.13. The van der Waals surface area contributed by atoms with Crippen LogP contribution in [0.15, 0.2) is 24.3 Å². The number of carbonyl (C=O) groups excluding carboxylic acids is 1. The maximum Gasteiger partial charge on any atom is 0.328 e.